The van der Waals surface area contributed by atoms with E-state index in [1.807, 2.05) is 48.5 Å². The van der Waals surface area contributed by atoms with Gasteiger partial charge in [0.25, 0.3) is 11.8 Å². The predicted molar refractivity (Wildman–Crippen MR) is 201 cm³/mol. The van der Waals surface area contributed by atoms with Crippen LogP contribution in [-0.4, -0.2) is 55.3 Å². The number of carbonyl (C=O) groups excluding carboxylic acids is 2. The maximum Gasteiger partial charge on any atom is 0.275 e. The van der Waals surface area contributed by atoms with Gasteiger partial charge in [0.15, 0.2) is 5.82 Å². The fourth-order valence-electron chi connectivity index (χ4n) is 7.45. The lowest BCUT2D eigenvalue weighted by Gasteiger charge is -2.47. The third-order valence-electron chi connectivity index (χ3n) is 10.5. The van der Waals surface area contributed by atoms with Crippen molar-refractivity contribution in [3.63, 3.8) is 0 Å². The molecule has 1 aromatic heterocycles. The predicted octanol–water partition coefficient (Wildman–Crippen LogP) is 8.47. The van der Waals surface area contributed by atoms with Crippen molar-refractivity contribution < 1.29 is 14.3 Å². The maximum absolute atomic E-state index is 14.9. The number of aliphatic imine (C=N–C) groups is 1. The summed E-state index contributed by atoms with van der Waals surface area (Å²) < 4.78 is 6.19. The van der Waals surface area contributed by atoms with E-state index in [9.17, 15) is 9.59 Å². The van der Waals surface area contributed by atoms with Crippen LogP contribution in [0, 0.1) is 22.2 Å². The molecule has 2 aromatic carbocycles. The summed E-state index contributed by atoms with van der Waals surface area (Å²) in [6.07, 6.45) is 7.39. The summed E-state index contributed by atoms with van der Waals surface area (Å²) in [6.45, 7) is 21.2. The molecule has 0 saturated heterocycles. The van der Waals surface area contributed by atoms with Crippen molar-refractivity contribution in [2.45, 2.75) is 132 Å². The standard InChI is InChI=1S/C41H59N7O3/c1-38(2,3)21-11-25-51-32-13-10-12-30(26-32)35-37(50)48(41(43-35)23-18-31(19-24-41)40(7,8)9)33(20-22-39(4,5)6)28-14-16-29(17-15-28)36(49)42-27-34-44-46-47-45-34/h10,12-17,26,31,33H,11,18-25,27H2,1-9H3,(H,42,49)(H,44,45,46,47)/t31?,33-,41?/m1/s1. The molecule has 0 unspecified atom stereocenters. The Labute approximate surface area is 304 Å². The zero-order chi connectivity index (χ0) is 37.0. The lowest BCUT2D eigenvalue weighted by molar-refractivity contribution is -0.134. The zero-order valence-electron chi connectivity index (χ0n) is 32.3. The number of aromatic amines is 1. The van der Waals surface area contributed by atoms with Crippen LogP contribution in [0.5, 0.6) is 5.75 Å². The summed E-state index contributed by atoms with van der Waals surface area (Å²) >= 11 is 0. The normalized spacial score (nSPS) is 20.4. The summed E-state index contributed by atoms with van der Waals surface area (Å²) in [5.41, 5.74) is 2.72. The maximum atomic E-state index is 14.9. The Morgan fingerprint density at radius 1 is 0.980 bits per heavy atom. The molecule has 51 heavy (non-hydrogen) atoms. The summed E-state index contributed by atoms with van der Waals surface area (Å²) in [5.74, 6) is 1.48. The van der Waals surface area contributed by atoms with Crippen molar-refractivity contribution in [1.82, 2.24) is 30.8 Å². The second-order valence-electron chi connectivity index (χ2n) is 18.0. The molecule has 1 aliphatic carbocycles. The Balaban J connectivity index is 1.46. The number of amides is 2. The molecule has 10 heteroatoms. The number of tetrazole rings is 1. The Bertz CT molecular complexity index is 1650. The van der Waals surface area contributed by atoms with Gasteiger partial charge in [-0.3, -0.25) is 14.6 Å². The van der Waals surface area contributed by atoms with Gasteiger partial charge >= 0.3 is 0 Å². The lowest BCUT2D eigenvalue weighted by Crippen LogP contribution is -2.51. The molecule has 0 radical (unpaired) electrons. The van der Waals surface area contributed by atoms with Gasteiger partial charge in [-0.1, -0.05) is 91.8 Å². The number of carbonyl (C=O) groups is 2. The van der Waals surface area contributed by atoms with Gasteiger partial charge in [-0.2, -0.15) is 5.21 Å². The van der Waals surface area contributed by atoms with Crippen LogP contribution in [0.4, 0.5) is 0 Å². The molecule has 1 saturated carbocycles. The number of nitrogens with zero attached hydrogens (tertiary/aromatic N) is 5. The van der Waals surface area contributed by atoms with Crippen LogP contribution in [0.25, 0.3) is 0 Å². The van der Waals surface area contributed by atoms with E-state index in [1.165, 1.54) is 0 Å². The summed E-state index contributed by atoms with van der Waals surface area (Å²) in [7, 11) is 0. The fourth-order valence-corrected chi connectivity index (χ4v) is 7.45. The minimum absolute atomic E-state index is 0.0325. The summed E-state index contributed by atoms with van der Waals surface area (Å²) in [5, 5.41) is 16.6. The van der Waals surface area contributed by atoms with Crippen LogP contribution in [0.1, 0.15) is 147 Å². The largest absolute Gasteiger partial charge is 0.494 e. The minimum atomic E-state index is -0.638. The molecular weight excluding hydrogens is 638 g/mol. The Kier molecular flexibility index (Phi) is 11.4. The first-order chi connectivity index (χ1) is 23.9. The molecule has 276 valence electrons. The van der Waals surface area contributed by atoms with E-state index in [0.717, 1.165) is 68.2 Å². The molecule has 0 bridgehead atoms. The highest BCUT2D eigenvalue weighted by molar-refractivity contribution is 6.46. The molecule has 3 aromatic rings. The Hall–Kier alpha value is -4.08. The first-order valence-corrected chi connectivity index (χ1v) is 18.7. The number of hydrogen-bond donors (Lipinski definition) is 2. The first kappa shape index (κ1) is 38.2. The molecule has 2 aliphatic rings. The van der Waals surface area contributed by atoms with E-state index in [2.05, 4.69) is 93.2 Å². The molecule has 2 N–H and O–H groups in total. The monoisotopic (exact) mass is 697 g/mol. The number of benzene rings is 2. The molecule has 1 aliphatic heterocycles. The number of H-pyrrole nitrogens is 1. The zero-order valence-corrected chi connectivity index (χ0v) is 32.3. The SMILES string of the molecule is CC(C)(C)CCCOc1cccc(C2=NC3(CCC(C(C)(C)C)CC3)N([C@H](CCC(C)(C)C)c3ccc(C(=O)NCc4nn[nH]n4)cc3)C2=O)c1. The highest BCUT2D eigenvalue weighted by Gasteiger charge is 2.52. The van der Waals surface area contributed by atoms with Crippen molar-refractivity contribution in [3.8, 4) is 5.75 Å². The number of ether oxygens (including phenoxy) is 1. The van der Waals surface area contributed by atoms with Crippen molar-refractivity contribution in [2.24, 2.45) is 27.2 Å². The molecular formula is C41H59N7O3. The smallest absolute Gasteiger partial charge is 0.275 e. The van der Waals surface area contributed by atoms with Crippen LogP contribution in [0.15, 0.2) is 53.5 Å². The molecule has 1 fully saturated rings. The van der Waals surface area contributed by atoms with Crippen LogP contribution < -0.4 is 10.1 Å². The average molecular weight is 698 g/mol. The van der Waals surface area contributed by atoms with Gasteiger partial charge in [0.1, 0.15) is 17.1 Å². The van der Waals surface area contributed by atoms with Crippen molar-refractivity contribution in [1.29, 1.82) is 0 Å². The van der Waals surface area contributed by atoms with E-state index in [0.29, 0.717) is 29.6 Å². The van der Waals surface area contributed by atoms with Gasteiger partial charge in [0.05, 0.1) is 19.2 Å². The van der Waals surface area contributed by atoms with E-state index in [-0.39, 0.29) is 40.6 Å². The number of rotatable bonds is 12. The fraction of sp³-hybridized carbons (Fsp3) is 0.610. The molecule has 10 nitrogen and oxygen atoms in total. The van der Waals surface area contributed by atoms with E-state index < -0.39 is 5.66 Å². The van der Waals surface area contributed by atoms with Crippen molar-refractivity contribution >= 4 is 17.5 Å². The molecule has 2 amide bonds. The van der Waals surface area contributed by atoms with E-state index in [1.54, 1.807) is 0 Å². The second kappa shape index (κ2) is 15.3. The highest BCUT2D eigenvalue weighted by Crippen LogP contribution is 2.50. The molecule has 1 spiro atoms. The van der Waals surface area contributed by atoms with Gasteiger partial charge < -0.3 is 15.0 Å². The van der Waals surface area contributed by atoms with E-state index in [4.69, 9.17) is 9.73 Å². The van der Waals surface area contributed by atoms with Gasteiger partial charge in [-0.15, -0.1) is 10.2 Å². The van der Waals surface area contributed by atoms with Gasteiger partial charge in [-0.25, -0.2) is 0 Å². The average Bonchev–Trinajstić information content (AvgIpc) is 3.68. The lowest BCUT2D eigenvalue weighted by atomic mass is 9.69. The summed E-state index contributed by atoms with van der Waals surface area (Å²) in [6, 6.07) is 15.4. The first-order valence-electron chi connectivity index (χ1n) is 18.7. The van der Waals surface area contributed by atoms with Crippen LogP contribution in [-0.2, 0) is 11.3 Å². The summed E-state index contributed by atoms with van der Waals surface area (Å²) in [4.78, 5) is 35.5. The van der Waals surface area contributed by atoms with Crippen LogP contribution >= 0.6 is 0 Å². The topological polar surface area (TPSA) is 125 Å². The number of nitrogens with one attached hydrogen (secondary N) is 2. The van der Waals surface area contributed by atoms with Crippen molar-refractivity contribution in [3.05, 3.63) is 71.0 Å². The highest BCUT2D eigenvalue weighted by atomic mass is 16.5. The quantitative estimate of drug-likeness (QED) is 0.183. The van der Waals surface area contributed by atoms with E-state index >= 15 is 0 Å². The third kappa shape index (κ3) is 9.83. The Morgan fingerprint density at radius 2 is 1.67 bits per heavy atom. The second-order valence-corrected chi connectivity index (χ2v) is 18.0. The number of hydrogen-bond acceptors (Lipinski definition) is 7. The molecule has 2 heterocycles. The minimum Gasteiger partial charge on any atom is -0.494 e. The number of aromatic nitrogens is 4. The van der Waals surface area contributed by atoms with Crippen molar-refractivity contribution in [2.75, 3.05) is 6.61 Å². The molecule has 5 rings (SSSR count). The van der Waals surface area contributed by atoms with Crippen LogP contribution in [0.2, 0.25) is 0 Å². The molecule has 1 atom stereocenters. The Morgan fingerprint density at radius 3 is 2.27 bits per heavy atom. The van der Waals surface area contributed by atoms with Crippen LogP contribution in [0.3, 0.4) is 0 Å². The third-order valence-corrected chi connectivity index (χ3v) is 10.5. The van der Waals surface area contributed by atoms with Gasteiger partial charge in [-0.05, 0) is 103 Å². The van der Waals surface area contributed by atoms with Gasteiger partial charge in [0.2, 0.25) is 0 Å². The van der Waals surface area contributed by atoms with Gasteiger partial charge in [0, 0.05) is 11.1 Å².